The minimum Gasteiger partial charge on any atom is -0.481 e. The van der Waals surface area contributed by atoms with Crippen molar-refractivity contribution < 1.29 is 44.1 Å². The first-order chi connectivity index (χ1) is 17.3. The van der Waals surface area contributed by atoms with Gasteiger partial charge < -0.3 is 37.0 Å². The molecular weight excluding hydrogens is 488 g/mol. The van der Waals surface area contributed by atoms with Gasteiger partial charge in [-0.25, -0.2) is 4.79 Å². The highest BCUT2D eigenvalue weighted by Crippen LogP contribution is 2.09. The zero-order valence-corrected chi connectivity index (χ0v) is 20.7. The van der Waals surface area contributed by atoms with Crippen molar-refractivity contribution in [3.8, 4) is 0 Å². The van der Waals surface area contributed by atoms with Gasteiger partial charge in [-0.3, -0.25) is 24.0 Å². The molecule has 3 amide bonds. The largest absolute Gasteiger partial charge is 0.481 e. The van der Waals surface area contributed by atoms with E-state index in [-0.39, 0.29) is 18.8 Å². The Morgan fingerprint density at radius 2 is 1.32 bits per heavy atom. The van der Waals surface area contributed by atoms with Crippen LogP contribution in [-0.4, -0.2) is 75.1 Å². The van der Waals surface area contributed by atoms with Gasteiger partial charge in [0.25, 0.3) is 0 Å². The Bertz CT molecular complexity index is 968. The number of carboxylic acid groups (broad SMARTS) is 3. The maximum absolute atomic E-state index is 13.0. The van der Waals surface area contributed by atoms with E-state index < -0.39 is 79.1 Å². The zero-order valence-electron chi connectivity index (χ0n) is 20.7. The quantitative estimate of drug-likeness (QED) is 0.147. The molecule has 0 aliphatic heterocycles. The number of aliphatic carboxylic acids is 3. The monoisotopic (exact) mass is 522 g/mol. The second-order valence-electron chi connectivity index (χ2n) is 8.98. The van der Waals surface area contributed by atoms with Crippen LogP contribution < -0.4 is 21.7 Å². The van der Waals surface area contributed by atoms with Crippen LogP contribution in [-0.2, 0) is 35.2 Å². The maximum Gasteiger partial charge on any atom is 0.326 e. The summed E-state index contributed by atoms with van der Waals surface area (Å²) < 4.78 is 0. The fraction of sp³-hybridized carbons (Fsp3) is 0.500. The summed E-state index contributed by atoms with van der Waals surface area (Å²) in [6.07, 6.45) is -1.49. The predicted octanol–water partition coefficient (Wildman–Crippen LogP) is -0.519. The van der Waals surface area contributed by atoms with E-state index in [4.69, 9.17) is 15.9 Å². The molecule has 0 heterocycles. The van der Waals surface area contributed by atoms with Crippen LogP contribution in [0.25, 0.3) is 0 Å². The average Bonchev–Trinajstić information content (AvgIpc) is 2.80. The molecule has 204 valence electrons. The standard InChI is InChI=1S/C24H34N4O9/c1-13(2)10-17(27-21(33)15(25)11-14-6-4-3-5-7-14)23(35)26-16(8-9-19(29)30)22(34)28-18(24(36)37)12-20(31)32/h3-7,13,15-18H,8-12,25H2,1-2H3,(H,26,35)(H,27,33)(H,28,34)(H,29,30)(H,31,32)(H,36,37). The molecule has 1 aromatic rings. The Balaban J connectivity index is 3.00. The number of nitrogens with one attached hydrogen (secondary N) is 3. The summed E-state index contributed by atoms with van der Waals surface area (Å²) in [7, 11) is 0. The molecule has 1 rings (SSSR count). The lowest BCUT2D eigenvalue weighted by atomic mass is 10.0. The highest BCUT2D eigenvalue weighted by atomic mass is 16.4. The molecule has 4 atom stereocenters. The summed E-state index contributed by atoms with van der Waals surface area (Å²) in [5.41, 5.74) is 6.82. The van der Waals surface area contributed by atoms with Crippen molar-refractivity contribution in [2.75, 3.05) is 0 Å². The fourth-order valence-electron chi connectivity index (χ4n) is 3.40. The van der Waals surface area contributed by atoms with Crippen LogP contribution in [0.2, 0.25) is 0 Å². The molecule has 37 heavy (non-hydrogen) atoms. The smallest absolute Gasteiger partial charge is 0.326 e. The van der Waals surface area contributed by atoms with Gasteiger partial charge in [-0.2, -0.15) is 0 Å². The van der Waals surface area contributed by atoms with Gasteiger partial charge >= 0.3 is 17.9 Å². The average molecular weight is 523 g/mol. The number of carbonyl (C=O) groups is 6. The SMILES string of the molecule is CC(C)CC(NC(=O)C(N)Cc1ccccc1)C(=O)NC(CCC(=O)O)C(=O)NC(CC(=O)O)C(=O)O. The molecular formula is C24H34N4O9. The van der Waals surface area contributed by atoms with E-state index in [1.54, 1.807) is 38.1 Å². The van der Waals surface area contributed by atoms with Crippen LogP contribution in [0.3, 0.4) is 0 Å². The molecule has 4 unspecified atom stereocenters. The number of benzene rings is 1. The van der Waals surface area contributed by atoms with Gasteiger partial charge in [0.2, 0.25) is 17.7 Å². The van der Waals surface area contributed by atoms with Gasteiger partial charge in [0.05, 0.1) is 12.5 Å². The van der Waals surface area contributed by atoms with E-state index in [1.165, 1.54) is 0 Å². The first-order valence-electron chi connectivity index (χ1n) is 11.7. The minimum atomic E-state index is -1.80. The van der Waals surface area contributed by atoms with Gasteiger partial charge in [-0.1, -0.05) is 44.2 Å². The molecule has 0 aliphatic rings. The minimum absolute atomic E-state index is 0.0698. The van der Waals surface area contributed by atoms with Crippen molar-refractivity contribution in [1.82, 2.24) is 16.0 Å². The first-order valence-corrected chi connectivity index (χ1v) is 11.7. The van der Waals surface area contributed by atoms with Crippen molar-refractivity contribution in [2.24, 2.45) is 11.7 Å². The van der Waals surface area contributed by atoms with Crippen molar-refractivity contribution in [3.63, 3.8) is 0 Å². The summed E-state index contributed by atoms with van der Waals surface area (Å²) in [5.74, 6) is -6.92. The van der Waals surface area contributed by atoms with E-state index in [1.807, 2.05) is 11.4 Å². The molecule has 0 aliphatic carbocycles. The molecule has 0 saturated heterocycles. The highest BCUT2D eigenvalue weighted by molar-refractivity contribution is 5.94. The molecule has 0 spiro atoms. The summed E-state index contributed by atoms with van der Waals surface area (Å²) in [5, 5.41) is 34.0. The fourth-order valence-corrected chi connectivity index (χ4v) is 3.40. The van der Waals surface area contributed by atoms with Crippen molar-refractivity contribution in [2.45, 2.75) is 70.1 Å². The molecule has 0 saturated carbocycles. The Kier molecular flexibility index (Phi) is 12.7. The number of nitrogens with two attached hydrogens (primary N) is 1. The Morgan fingerprint density at radius 1 is 0.784 bits per heavy atom. The summed E-state index contributed by atoms with van der Waals surface area (Å²) in [4.78, 5) is 71.7. The first kappa shape index (κ1) is 31.0. The third-order valence-electron chi connectivity index (χ3n) is 5.25. The Hall–Kier alpha value is -4.00. The third kappa shape index (κ3) is 12.0. The number of amides is 3. The normalized spacial score (nSPS) is 14.1. The Labute approximate surface area is 213 Å². The van der Waals surface area contributed by atoms with E-state index in [2.05, 4.69) is 10.6 Å². The van der Waals surface area contributed by atoms with E-state index in [0.717, 1.165) is 5.56 Å². The Morgan fingerprint density at radius 3 is 1.84 bits per heavy atom. The molecule has 8 N–H and O–H groups in total. The van der Waals surface area contributed by atoms with Crippen LogP contribution in [0.5, 0.6) is 0 Å². The molecule has 0 fully saturated rings. The van der Waals surface area contributed by atoms with Crippen molar-refractivity contribution in [1.29, 1.82) is 0 Å². The van der Waals surface area contributed by atoms with Gasteiger partial charge in [0.15, 0.2) is 0 Å². The van der Waals surface area contributed by atoms with Gasteiger partial charge in [0.1, 0.15) is 18.1 Å². The second-order valence-corrected chi connectivity index (χ2v) is 8.98. The molecule has 0 aromatic heterocycles. The summed E-state index contributed by atoms with van der Waals surface area (Å²) >= 11 is 0. The van der Waals surface area contributed by atoms with Crippen LogP contribution in [0.15, 0.2) is 30.3 Å². The highest BCUT2D eigenvalue weighted by Gasteiger charge is 2.31. The zero-order chi connectivity index (χ0) is 28.1. The van der Waals surface area contributed by atoms with Crippen LogP contribution in [0, 0.1) is 5.92 Å². The van der Waals surface area contributed by atoms with E-state index in [9.17, 15) is 33.9 Å². The van der Waals surface area contributed by atoms with Crippen molar-refractivity contribution in [3.05, 3.63) is 35.9 Å². The topological polar surface area (TPSA) is 225 Å². The van der Waals surface area contributed by atoms with E-state index in [0.29, 0.717) is 0 Å². The number of hydrogen-bond donors (Lipinski definition) is 7. The van der Waals surface area contributed by atoms with Crippen LogP contribution in [0.4, 0.5) is 0 Å². The van der Waals surface area contributed by atoms with Gasteiger partial charge in [-0.05, 0) is 30.7 Å². The van der Waals surface area contributed by atoms with Gasteiger partial charge in [0, 0.05) is 6.42 Å². The molecule has 13 heteroatoms. The van der Waals surface area contributed by atoms with Crippen LogP contribution in [0.1, 0.15) is 45.1 Å². The summed E-state index contributed by atoms with van der Waals surface area (Å²) in [6, 6.07) is 3.62. The van der Waals surface area contributed by atoms with Crippen molar-refractivity contribution >= 4 is 35.6 Å². The second kappa shape index (κ2) is 15.2. The molecule has 13 nitrogen and oxygen atoms in total. The number of carbonyl (C=O) groups excluding carboxylic acids is 3. The lowest BCUT2D eigenvalue weighted by Crippen LogP contribution is -2.57. The number of rotatable bonds is 16. The number of hydrogen-bond acceptors (Lipinski definition) is 7. The summed E-state index contributed by atoms with van der Waals surface area (Å²) in [6.45, 7) is 3.60. The molecule has 0 radical (unpaired) electrons. The predicted molar refractivity (Wildman–Crippen MR) is 130 cm³/mol. The maximum atomic E-state index is 13.0. The van der Waals surface area contributed by atoms with Crippen LogP contribution >= 0.6 is 0 Å². The molecule has 1 aromatic carbocycles. The van der Waals surface area contributed by atoms with Gasteiger partial charge in [-0.15, -0.1) is 0 Å². The lowest BCUT2D eigenvalue weighted by molar-refractivity contribution is -0.147. The number of carboxylic acids is 3. The lowest BCUT2D eigenvalue weighted by Gasteiger charge is -2.25. The third-order valence-corrected chi connectivity index (χ3v) is 5.25. The molecule has 0 bridgehead atoms. The van der Waals surface area contributed by atoms with E-state index >= 15 is 0 Å².